The Bertz CT molecular complexity index is 1120. The van der Waals surface area contributed by atoms with Crippen molar-refractivity contribution in [3.05, 3.63) is 105 Å². The molecule has 0 aliphatic carbocycles. The molecule has 0 bridgehead atoms. The zero-order valence-corrected chi connectivity index (χ0v) is 21.2. The van der Waals surface area contributed by atoms with Crippen LogP contribution in [0.5, 0.6) is 0 Å². The maximum absolute atomic E-state index is 13.7. The molecule has 0 aromatic heterocycles. The predicted octanol–water partition coefficient (Wildman–Crippen LogP) is 6.36. The number of amides is 2. The van der Waals surface area contributed by atoms with Gasteiger partial charge in [-0.3, -0.25) is 9.59 Å². The maximum atomic E-state index is 13.7. The largest absolute Gasteiger partial charge is 0.354 e. The zero-order valence-electron chi connectivity index (χ0n) is 18.9. The minimum Gasteiger partial charge on any atom is -0.354 e. The molecule has 3 aromatic carbocycles. The maximum Gasteiger partial charge on any atom is 0.243 e. The molecule has 0 radical (unpaired) electrons. The Hall–Kier alpha value is -2.53. The van der Waals surface area contributed by atoms with Crippen molar-refractivity contribution in [2.45, 2.75) is 38.8 Å². The Kier molecular flexibility index (Phi) is 9.82. The van der Waals surface area contributed by atoms with Gasteiger partial charge in [0.05, 0.1) is 6.42 Å². The van der Waals surface area contributed by atoms with Crippen LogP contribution in [0.1, 0.15) is 30.0 Å². The van der Waals surface area contributed by atoms with Crippen molar-refractivity contribution in [3.8, 4) is 0 Å². The van der Waals surface area contributed by atoms with E-state index in [0.717, 1.165) is 17.5 Å². The van der Waals surface area contributed by atoms with Gasteiger partial charge in [-0.25, -0.2) is 0 Å². The van der Waals surface area contributed by atoms with Gasteiger partial charge in [0, 0.05) is 34.6 Å². The zero-order chi connectivity index (χ0) is 24.5. The topological polar surface area (TPSA) is 49.4 Å². The van der Waals surface area contributed by atoms with E-state index in [9.17, 15) is 9.59 Å². The highest BCUT2D eigenvalue weighted by molar-refractivity contribution is 6.35. The Balaban J connectivity index is 1.98. The molecule has 3 rings (SSSR count). The molecule has 3 aromatic rings. The average Bonchev–Trinajstić information content (AvgIpc) is 2.81. The van der Waals surface area contributed by atoms with Gasteiger partial charge in [-0.2, -0.15) is 0 Å². The number of hydrogen-bond donors (Lipinski definition) is 1. The highest BCUT2D eigenvalue weighted by atomic mass is 35.5. The van der Waals surface area contributed by atoms with Crippen molar-refractivity contribution in [3.63, 3.8) is 0 Å². The molecule has 2 amide bonds. The van der Waals surface area contributed by atoms with Gasteiger partial charge in [-0.1, -0.05) is 90.3 Å². The molecule has 0 fully saturated rings. The molecule has 4 nitrogen and oxygen atoms in total. The summed E-state index contributed by atoms with van der Waals surface area (Å²) in [7, 11) is 0. The smallest absolute Gasteiger partial charge is 0.243 e. The Labute approximate surface area is 215 Å². The van der Waals surface area contributed by atoms with Gasteiger partial charge < -0.3 is 10.2 Å². The summed E-state index contributed by atoms with van der Waals surface area (Å²) in [4.78, 5) is 28.6. The van der Waals surface area contributed by atoms with E-state index in [1.807, 2.05) is 43.3 Å². The summed E-state index contributed by atoms with van der Waals surface area (Å²) < 4.78 is 0. The van der Waals surface area contributed by atoms with Crippen LogP contribution in [0.3, 0.4) is 0 Å². The molecule has 1 N–H and O–H groups in total. The van der Waals surface area contributed by atoms with E-state index in [-0.39, 0.29) is 24.8 Å². The Morgan fingerprint density at radius 1 is 0.882 bits per heavy atom. The van der Waals surface area contributed by atoms with Crippen LogP contribution in [0, 0.1) is 0 Å². The first kappa shape index (κ1) is 26.1. The summed E-state index contributed by atoms with van der Waals surface area (Å²) in [6, 6.07) is 21.3. The predicted molar refractivity (Wildman–Crippen MR) is 139 cm³/mol. The molecule has 178 valence electrons. The van der Waals surface area contributed by atoms with Gasteiger partial charge in [0.25, 0.3) is 0 Å². The summed E-state index contributed by atoms with van der Waals surface area (Å²) in [5.41, 5.74) is 2.45. The number of nitrogens with one attached hydrogen (secondary N) is 1. The van der Waals surface area contributed by atoms with Gasteiger partial charge in [0.15, 0.2) is 0 Å². The molecule has 7 heteroatoms. The van der Waals surface area contributed by atoms with Crippen LogP contribution in [0.2, 0.25) is 15.1 Å². The lowest BCUT2D eigenvalue weighted by Gasteiger charge is -2.32. The summed E-state index contributed by atoms with van der Waals surface area (Å²) >= 11 is 18.7. The van der Waals surface area contributed by atoms with E-state index in [0.29, 0.717) is 33.6 Å². The van der Waals surface area contributed by atoms with Crippen molar-refractivity contribution >= 4 is 46.6 Å². The lowest BCUT2D eigenvalue weighted by molar-refractivity contribution is -0.140. The Morgan fingerprint density at radius 3 is 2.26 bits per heavy atom. The lowest BCUT2D eigenvalue weighted by atomic mass is 10.0. The van der Waals surface area contributed by atoms with E-state index in [4.69, 9.17) is 34.8 Å². The van der Waals surface area contributed by atoms with Crippen molar-refractivity contribution in [1.82, 2.24) is 10.2 Å². The Morgan fingerprint density at radius 2 is 1.59 bits per heavy atom. The average molecular weight is 518 g/mol. The second kappa shape index (κ2) is 12.8. The van der Waals surface area contributed by atoms with Gasteiger partial charge >= 0.3 is 0 Å². The first-order chi connectivity index (χ1) is 16.4. The fourth-order valence-corrected chi connectivity index (χ4v) is 4.36. The number of rotatable bonds is 10. The van der Waals surface area contributed by atoms with Gasteiger partial charge in [-0.05, 0) is 47.4 Å². The van der Waals surface area contributed by atoms with Crippen LogP contribution >= 0.6 is 34.8 Å². The number of hydrogen-bond acceptors (Lipinski definition) is 2. The molecule has 0 saturated heterocycles. The minimum atomic E-state index is -0.715. The van der Waals surface area contributed by atoms with Crippen LogP contribution in [0.15, 0.2) is 72.8 Å². The van der Waals surface area contributed by atoms with E-state index >= 15 is 0 Å². The molecular weight excluding hydrogens is 491 g/mol. The monoisotopic (exact) mass is 516 g/mol. The van der Waals surface area contributed by atoms with E-state index in [2.05, 4.69) is 5.32 Å². The summed E-state index contributed by atoms with van der Waals surface area (Å²) in [5, 5.41) is 4.47. The van der Waals surface area contributed by atoms with Crippen molar-refractivity contribution in [2.75, 3.05) is 6.54 Å². The van der Waals surface area contributed by atoms with Gasteiger partial charge in [0.1, 0.15) is 6.04 Å². The standard InChI is InChI=1S/C27H27Cl3N2O2/c1-2-13-31-27(34)25(15-19-7-4-3-5-8-19)32(18-21-11-12-23(29)17-24(21)30)26(33)16-20-9-6-10-22(28)14-20/h3-12,14,17,25H,2,13,15-16,18H2,1H3,(H,31,34)/t25-/m0/s1. The highest BCUT2D eigenvalue weighted by Gasteiger charge is 2.30. The fraction of sp³-hybridized carbons (Fsp3) is 0.259. The quantitative estimate of drug-likeness (QED) is 0.340. The third-order valence-electron chi connectivity index (χ3n) is 5.42. The molecule has 0 unspecified atom stereocenters. The van der Waals surface area contributed by atoms with Crippen molar-refractivity contribution in [2.24, 2.45) is 0 Å². The number of halogens is 3. The number of benzene rings is 3. The third kappa shape index (κ3) is 7.49. The second-order valence-corrected chi connectivity index (χ2v) is 9.34. The van der Waals surface area contributed by atoms with Crippen molar-refractivity contribution < 1.29 is 9.59 Å². The minimum absolute atomic E-state index is 0.109. The summed E-state index contributed by atoms with van der Waals surface area (Å²) in [5.74, 6) is -0.393. The number of carbonyl (C=O) groups excluding carboxylic acids is 2. The van der Waals surface area contributed by atoms with Crippen LogP contribution in [-0.2, 0) is 29.0 Å². The van der Waals surface area contributed by atoms with E-state index < -0.39 is 6.04 Å². The second-order valence-electron chi connectivity index (χ2n) is 8.06. The van der Waals surface area contributed by atoms with Crippen LogP contribution < -0.4 is 5.32 Å². The van der Waals surface area contributed by atoms with Gasteiger partial charge in [0.2, 0.25) is 11.8 Å². The lowest BCUT2D eigenvalue weighted by Crippen LogP contribution is -2.51. The van der Waals surface area contributed by atoms with Crippen LogP contribution in [0.4, 0.5) is 0 Å². The number of nitrogens with zero attached hydrogens (tertiary/aromatic N) is 1. The van der Waals surface area contributed by atoms with E-state index in [1.54, 1.807) is 41.3 Å². The highest BCUT2D eigenvalue weighted by Crippen LogP contribution is 2.25. The SMILES string of the molecule is CCCNC(=O)[C@H](Cc1ccccc1)N(Cc1ccc(Cl)cc1Cl)C(=O)Cc1cccc(Cl)c1. The van der Waals surface area contributed by atoms with Crippen molar-refractivity contribution in [1.29, 1.82) is 0 Å². The molecule has 0 heterocycles. The molecule has 0 aliphatic rings. The fourth-order valence-electron chi connectivity index (χ4n) is 3.68. The third-order valence-corrected chi connectivity index (χ3v) is 6.24. The first-order valence-electron chi connectivity index (χ1n) is 11.2. The van der Waals surface area contributed by atoms with Crippen LogP contribution in [0.25, 0.3) is 0 Å². The first-order valence-corrected chi connectivity index (χ1v) is 12.3. The molecule has 0 saturated carbocycles. The molecule has 34 heavy (non-hydrogen) atoms. The van der Waals surface area contributed by atoms with Crippen LogP contribution in [-0.4, -0.2) is 29.3 Å². The summed E-state index contributed by atoms with van der Waals surface area (Å²) in [6.07, 6.45) is 1.28. The number of carbonyl (C=O) groups is 2. The normalized spacial score (nSPS) is 11.6. The van der Waals surface area contributed by atoms with Gasteiger partial charge in [-0.15, -0.1) is 0 Å². The molecule has 0 spiro atoms. The molecule has 0 aliphatic heterocycles. The summed E-state index contributed by atoms with van der Waals surface area (Å²) in [6.45, 7) is 2.69. The van der Waals surface area contributed by atoms with E-state index in [1.165, 1.54) is 0 Å². The molecule has 1 atom stereocenters. The molecular formula is C27H27Cl3N2O2.